The molecule has 0 radical (unpaired) electrons. The first-order valence-corrected chi connectivity index (χ1v) is 18.0. The van der Waals surface area contributed by atoms with Crippen LogP contribution in [0.15, 0.2) is 205 Å². The fourth-order valence-corrected chi connectivity index (χ4v) is 7.71. The number of aliphatic imine (C=N–C) groups is 1. The van der Waals surface area contributed by atoms with Crippen molar-refractivity contribution in [2.24, 2.45) is 4.99 Å². The SMILES string of the molecule is c1ccc(N=C(Nn2c3ccccc3c3cc(-c4ccc5c(c4)c4ccccc4n5-c4ccccc4)c(-c4ccccc4)cc32)c2ccccc2)cc1. The van der Waals surface area contributed by atoms with Gasteiger partial charge in [-0.1, -0.05) is 140 Å². The average Bonchev–Trinajstić information content (AvgIpc) is 3.73. The van der Waals surface area contributed by atoms with E-state index in [0.717, 1.165) is 44.9 Å². The van der Waals surface area contributed by atoms with Crippen LogP contribution in [-0.4, -0.2) is 15.1 Å². The largest absolute Gasteiger partial charge is 0.309 e. The van der Waals surface area contributed by atoms with Gasteiger partial charge in [0.2, 0.25) is 0 Å². The van der Waals surface area contributed by atoms with Crippen molar-refractivity contribution in [1.82, 2.24) is 9.24 Å². The van der Waals surface area contributed by atoms with E-state index in [0.29, 0.717) is 0 Å². The summed E-state index contributed by atoms with van der Waals surface area (Å²) in [6.07, 6.45) is 0. The summed E-state index contributed by atoms with van der Waals surface area (Å²) in [7, 11) is 0. The highest BCUT2D eigenvalue weighted by atomic mass is 15.4. The van der Waals surface area contributed by atoms with E-state index >= 15 is 0 Å². The zero-order valence-electron chi connectivity index (χ0n) is 28.9. The van der Waals surface area contributed by atoms with Crippen LogP contribution in [0.1, 0.15) is 5.56 Å². The lowest BCUT2D eigenvalue weighted by atomic mass is 9.92. The van der Waals surface area contributed by atoms with Gasteiger partial charge < -0.3 is 4.57 Å². The Balaban J connectivity index is 1.22. The van der Waals surface area contributed by atoms with Crippen LogP contribution >= 0.6 is 0 Å². The molecule has 0 unspecified atom stereocenters. The number of hydrogen-bond acceptors (Lipinski definition) is 1. The maximum atomic E-state index is 5.12. The minimum absolute atomic E-state index is 0.769. The van der Waals surface area contributed by atoms with Crippen molar-refractivity contribution in [3.8, 4) is 27.9 Å². The Kier molecular flexibility index (Phi) is 7.43. The molecule has 10 aromatic rings. The third kappa shape index (κ3) is 5.36. The van der Waals surface area contributed by atoms with Gasteiger partial charge in [0.05, 0.1) is 27.8 Å². The molecule has 2 heterocycles. The molecular weight excluding hydrogens is 645 g/mol. The van der Waals surface area contributed by atoms with E-state index in [1.165, 1.54) is 43.7 Å². The minimum atomic E-state index is 0.769. The van der Waals surface area contributed by atoms with Crippen molar-refractivity contribution in [1.29, 1.82) is 0 Å². The van der Waals surface area contributed by atoms with Crippen molar-refractivity contribution in [3.05, 3.63) is 206 Å². The maximum absolute atomic E-state index is 5.12. The number of hydrogen-bond donors (Lipinski definition) is 1. The molecule has 0 saturated heterocycles. The smallest absolute Gasteiger partial charge is 0.152 e. The predicted molar refractivity (Wildman–Crippen MR) is 223 cm³/mol. The molecule has 0 amide bonds. The van der Waals surface area contributed by atoms with Crippen molar-refractivity contribution in [2.75, 3.05) is 5.43 Å². The Morgan fingerprint density at radius 1 is 0.396 bits per heavy atom. The minimum Gasteiger partial charge on any atom is -0.309 e. The second kappa shape index (κ2) is 12.9. The Morgan fingerprint density at radius 2 is 0.943 bits per heavy atom. The van der Waals surface area contributed by atoms with E-state index in [-0.39, 0.29) is 0 Å². The molecule has 0 spiro atoms. The van der Waals surface area contributed by atoms with Gasteiger partial charge in [-0.3, -0.25) is 10.1 Å². The van der Waals surface area contributed by atoms with Crippen molar-refractivity contribution in [3.63, 3.8) is 0 Å². The highest BCUT2D eigenvalue weighted by Crippen LogP contribution is 2.42. The molecule has 0 bridgehead atoms. The standard InChI is InChI=1S/C49H34N4/c1-5-17-34(18-6-1)42-33-48-44(32-41(42)36-29-30-46-43(31-36)39-25-13-15-27-45(39)52(46)38-23-11-4-12-24-38)40-26-14-16-28-47(40)53(48)51-49(35-19-7-2-8-20-35)50-37-21-9-3-10-22-37/h1-33H,(H,50,51). The molecular formula is C49H34N4. The summed E-state index contributed by atoms with van der Waals surface area (Å²) in [6, 6.07) is 70.8. The summed E-state index contributed by atoms with van der Waals surface area (Å²) in [5, 5.41) is 4.81. The molecule has 0 saturated carbocycles. The molecule has 0 aliphatic carbocycles. The molecule has 10 rings (SSSR count). The molecule has 4 heteroatoms. The molecule has 53 heavy (non-hydrogen) atoms. The summed E-state index contributed by atoms with van der Waals surface area (Å²) in [4.78, 5) is 5.12. The van der Waals surface area contributed by atoms with E-state index in [4.69, 9.17) is 4.99 Å². The monoisotopic (exact) mass is 678 g/mol. The van der Waals surface area contributed by atoms with Crippen LogP contribution in [0.3, 0.4) is 0 Å². The molecule has 1 N–H and O–H groups in total. The van der Waals surface area contributed by atoms with Crippen LogP contribution in [0.2, 0.25) is 0 Å². The average molecular weight is 679 g/mol. The number of benzene rings is 8. The lowest BCUT2D eigenvalue weighted by molar-refractivity contribution is 1.08. The van der Waals surface area contributed by atoms with Gasteiger partial charge in [-0.15, -0.1) is 0 Å². The number of rotatable bonds is 6. The van der Waals surface area contributed by atoms with Gasteiger partial charge in [-0.05, 0) is 82.9 Å². The van der Waals surface area contributed by atoms with Gasteiger partial charge >= 0.3 is 0 Å². The van der Waals surface area contributed by atoms with Crippen LogP contribution in [0.25, 0.3) is 71.6 Å². The third-order valence-electron chi connectivity index (χ3n) is 10.2. The second-order valence-electron chi connectivity index (χ2n) is 13.3. The molecule has 4 nitrogen and oxygen atoms in total. The fourth-order valence-electron chi connectivity index (χ4n) is 7.71. The quantitative estimate of drug-likeness (QED) is 0.138. The lowest BCUT2D eigenvalue weighted by Crippen LogP contribution is -2.23. The number of aromatic nitrogens is 2. The summed E-state index contributed by atoms with van der Waals surface area (Å²) < 4.78 is 4.57. The molecule has 8 aromatic carbocycles. The highest BCUT2D eigenvalue weighted by Gasteiger charge is 2.19. The number of para-hydroxylation sites is 4. The first-order valence-electron chi connectivity index (χ1n) is 18.0. The molecule has 250 valence electrons. The number of nitrogens with one attached hydrogen (secondary N) is 1. The molecule has 0 fully saturated rings. The van der Waals surface area contributed by atoms with Gasteiger partial charge in [0.1, 0.15) is 0 Å². The van der Waals surface area contributed by atoms with Gasteiger partial charge in [-0.25, -0.2) is 4.99 Å². The van der Waals surface area contributed by atoms with Crippen LogP contribution in [-0.2, 0) is 0 Å². The van der Waals surface area contributed by atoms with Crippen LogP contribution < -0.4 is 5.43 Å². The van der Waals surface area contributed by atoms with E-state index < -0.39 is 0 Å². The highest BCUT2D eigenvalue weighted by molar-refractivity contribution is 6.15. The second-order valence-corrected chi connectivity index (χ2v) is 13.3. The number of nitrogens with zero attached hydrogens (tertiary/aromatic N) is 3. The Bertz CT molecular complexity index is 2940. The van der Waals surface area contributed by atoms with E-state index in [9.17, 15) is 0 Å². The van der Waals surface area contributed by atoms with Crippen molar-refractivity contribution < 1.29 is 0 Å². The van der Waals surface area contributed by atoms with Crippen molar-refractivity contribution in [2.45, 2.75) is 0 Å². The van der Waals surface area contributed by atoms with Gasteiger partial charge in [0.15, 0.2) is 5.84 Å². The van der Waals surface area contributed by atoms with E-state index in [1.807, 2.05) is 36.4 Å². The normalized spacial score (nSPS) is 11.9. The molecule has 2 aromatic heterocycles. The third-order valence-corrected chi connectivity index (χ3v) is 10.2. The summed E-state index contributed by atoms with van der Waals surface area (Å²) in [5.41, 5.74) is 16.1. The topological polar surface area (TPSA) is 34.2 Å². The Hall–Kier alpha value is -7.17. The van der Waals surface area contributed by atoms with E-state index in [2.05, 4.69) is 178 Å². The molecule has 0 aliphatic heterocycles. The fraction of sp³-hybridized carbons (Fsp3) is 0. The first-order chi connectivity index (χ1) is 26.3. The van der Waals surface area contributed by atoms with Crippen LogP contribution in [0.4, 0.5) is 5.69 Å². The van der Waals surface area contributed by atoms with Gasteiger partial charge in [-0.2, -0.15) is 0 Å². The van der Waals surface area contributed by atoms with Crippen LogP contribution in [0.5, 0.6) is 0 Å². The summed E-state index contributed by atoms with van der Waals surface area (Å²) in [5.74, 6) is 0.769. The van der Waals surface area contributed by atoms with Crippen LogP contribution in [0, 0.1) is 0 Å². The number of amidine groups is 1. The first kappa shape index (κ1) is 30.6. The summed E-state index contributed by atoms with van der Waals surface area (Å²) in [6.45, 7) is 0. The summed E-state index contributed by atoms with van der Waals surface area (Å²) >= 11 is 0. The van der Waals surface area contributed by atoms with Gasteiger partial charge in [0.25, 0.3) is 0 Å². The van der Waals surface area contributed by atoms with Crippen molar-refractivity contribution >= 4 is 55.1 Å². The molecule has 0 atom stereocenters. The Labute approximate surface area is 307 Å². The zero-order chi connectivity index (χ0) is 35.1. The number of fused-ring (bicyclic) bond motifs is 6. The van der Waals surface area contributed by atoms with E-state index in [1.54, 1.807) is 0 Å². The lowest BCUT2D eigenvalue weighted by Gasteiger charge is -2.16. The zero-order valence-corrected chi connectivity index (χ0v) is 28.9. The predicted octanol–water partition coefficient (Wildman–Crippen LogP) is 12.5. The maximum Gasteiger partial charge on any atom is 0.152 e. The van der Waals surface area contributed by atoms with Gasteiger partial charge in [0, 0.05) is 32.8 Å². The Morgan fingerprint density at radius 3 is 1.68 bits per heavy atom. The molecule has 0 aliphatic rings.